The summed E-state index contributed by atoms with van der Waals surface area (Å²) in [6.07, 6.45) is 3.46. The summed E-state index contributed by atoms with van der Waals surface area (Å²) < 4.78 is 0. The van der Waals surface area contributed by atoms with Crippen LogP contribution in [0.3, 0.4) is 0 Å². The third-order valence-corrected chi connectivity index (χ3v) is 2.02. The SMILES string of the molecule is C1=NCSC2=NCC=NN12. The molecule has 0 bridgehead atoms. The van der Waals surface area contributed by atoms with Crippen molar-refractivity contribution in [2.45, 2.75) is 0 Å². The van der Waals surface area contributed by atoms with E-state index < -0.39 is 0 Å². The summed E-state index contributed by atoms with van der Waals surface area (Å²) in [6, 6.07) is 0. The predicted molar refractivity (Wildman–Crippen MR) is 43.6 cm³/mol. The Kier molecular flexibility index (Phi) is 1.43. The summed E-state index contributed by atoms with van der Waals surface area (Å²) in [7, 11) is 0. The Morgan fingerprint density at radius 2 is 2.60 bits per heavy atom. The molecule has 2 aliphatic rings. The highest BCUT2D eigenvalue weighted by molar-refractivity contribution is 8.13. The van der Waals surface area contributed by atoms with Gasteiger partial charge in [-0.15, -0.1) is 0 Å². The molecule has 0 atom stereocenters. The Labute approximate surface area is 62.7 Å². The zero-order chi connectivity index (χ0) is 6.81. The third-order valence-electron chi connectivity index (χ3n) is 1.17. The Morgan fingerprint density at radius 3 is 3.50 bits per heavy atom. The summed E-state index contributed by atoms with van der Waals surface area (Å²) in [6.45, 7) is 0.701. The quantitative estimate of drug-likeness (QED) is 0.506. The Hall–Kier alpha value is -0.840. The molecule has 0 N–H and O–H groups in total. The molecule has 2 aliphatic heterocycles. The number of hydrazone groups is 1. The van der Waals surface area contributed by atoms with Gasteiger partial charge in [0.25, 0.3) is 0 Å². The fourth-order valence-electron chi connectivity index (χ4n) is 0.762. The molecule has 52 valence electrons. The van der Waals surface area contributed by atoms with Crippen molar-refractivity contribution in [3.63, 3.8) is 0 Å². The first kappa shape index (κ1) is 5.91. The molecule has 0 saturated heterocycles. The summed E-state index contributed by atoms with van der Waals surface area (Å²) in [5.41, 5.74) is 0. The highest BCUT2D eigenvalue weighted by Crippen LogP contribution is 2.14. The van der Waals surface area contributed by atoms with Crippen molar-refractivity contribution in [1.82, 2.24) is 5.01 Å². The fraction of sp³-hybridized carbons (Fsp3) is 0.400. The zero-order valence-corrected chi connectivity index (χ0v) is 6.08. The number of hydrogen-bond donors (Lipinski definition) is 0. The van der Waals surface area contributed by atoms with E-state index in [2.05, 4.69) is 15.1 Å². The molecule has 0 aromatic carbocycles. The normalized spacial score (nSPS) is 22.4. The van der Waals surface area contributed by atoms with Crippen LogP contribution in [0.4, 0.5) is 0 Å². The van der Waals surface area contributed by atoms with Gasteiger partial charge in [-0.05, 0) is 0 Å². The first-order chi connectivity index (χ1) is 4.97. The number of aliphatic imine (C=N–C) groups is 2. The minimum absolute atomic E-state index is 0.701. The van der Waals surface area contributed by atoms with Crippen LogP contribution in [-0.4, -0.2) is 35.2 Å². The van der Waals surface area contributed by atoms with Gasteiger partial charge in [-0.3, -0.25) is 9.98 Å². The summed E-state index contributed by atoms with van der Waals surface area (Å²) in [5, 5.41) is 6.71. The zero-order valence-electron chi connectivity index (χ0n) is 5.27. The van der Waals surface area contributed by atoms with Gasteiger partial charge in [0.15, 0.2) is 5.17 Å². The van der Waals surface area contributed by atoms with Gasteiger partial charge in [-0.25, -0.2) is 0 Å². The Balaban J connectivity index is 2.26. The minimum Gasteiger partial charge on any atom is -0.262 e. The molecule has 0 aromatic rings. The highest BCUT2D eigenvalue weighted by atomic mass is 32.2. The van der Waals surface area contributed by atoms with Crippen LogP contribution in [0, 0.1) is 0 Å². The predicted octanol–water partition coefficient (Wildman–Crippen LogP) is 0.376. The standard InChI is InChI=1S/C5H6N4S/c1-2-8-9-3-6-4-10-5(9)7-1/h2-3H,1,4H2. The number of nitrogens with zero attached hydrogens (tertiary/aromatic N) is 4. The van der Waals surface area contributed by atoms with Crippen LogP contribution in [0.2, 0.25) is 0 Å². The molecule has 5 heteroatoms. The lowest BCUT2D eigenvalue weighted by Gasteiger charge is -2.20. The maximum atomic E-state index is 4.22. The molecule has 0 aromatic heterocycles. The van der Waals surface area contributed by atoms with Crippen molar-refractivity contribution in [1.29, 1.82) is 0 Å². The number of thioether (sulfide) groups is 1. The first-order valence-corrected chi connectivity index (χ1v) is 3.94. The van der Waals surface area contributed by atoms with Gasteiger partial charge < -0.3 is 0 Å². The summed E-state index contributed by atoms with van der Waals surface area (Å²) in [5.74, 6) is 0.769. The van der Waals surface area contributed by atoms with Gasteiger partial charge in [0.2, 0.25) is 0 Å². The van der Waals surface area contributed by atoms with E-state index in [9.17, 15) is 0 Å². The van der Waals surface area contributed by atoms with Crippen molar-refractivity contribution < 1.29 is 0 Å². The van der Waals surface area contributed by atoms with Crippen LogP contribution < -0.4 is 0 Å². The molecular weight excluding hydrogens is 148 g/mol. The van der Waals surface area contributed by atoms with Crippen molar-refractivity contribution in [3.8, 4) is 0 Å². The van der Waals surface area contributed by atoms with Gasteiger partial charge in [-0.1, -0.05) is 11.8 Å². The Bertz CT molecular complexity index is 220. The van der Waals surface area contributed by atoms with Crippen LogP contribution in [0.15, 0.2) is 15.1 Å². The number of amidine groups is 1. The largest absolute Gasteiger partial charge is 0.262 e. The van der Waals surface area contributed by atoms with Crippen LogP contribution in [0.25, 0.3) is 0 Å². The molecule has 0 radical (unpaired) electrons. The molecule has 2 heterocycles. The summed E-state index contributed by atoms with van der Waals surface area (Å²) >= 11 is 1.61. The maximum absolute atomic E-state index is 4.22. The molecule has 0 amide bonds. The lowest BCUT2D eigenvalue weighted by molar-refractivity contribution is 0.677. The topological polar surface area (TPSA) is 40.3 Å². The van der Waals surface area contributed by atoms with Crippen LogP contribution >= 0.6 is 11.8 Å². The van der Waals surface area contributed by atoms with Crippen molar-refractivity contribution in [3.05, 3.63) is 0 Å². The molecule has 0 fully saturated rings. The average Bonchev–Trinajstić information content (AvgIpc) is 2.05. The van der Waals surface area contributed by atoms with E-state index in [1.807, 2.05) is 0 Å². The van der Waals surface area contributed by atoms with Gasteiger partial charge in [0.05, 0.1) is 12.4 Å². The second-order valence-electron chi connectivity index (χ2n) is 1.84. The maximum Gasteiger partial charge on any atom is 0.187 e. The van der Waals surface area contributed by atoms with Gasteiger partial charge in [-0.2, -0.15) is 10.1 Å². The van der Waals surface area contributed by atoms with E-state index in [0.717, 1.165) is 11.0 Å². The number of fused-ring (bicyclic) bond motifs is 1. The van der Waals surface area contributed by atoms with E-state index in [4.69, 9.17) is 0 Å². The lowest BCUT2D eigenvalue weighted by atomic mass is 10.7. The molecule has 0 saturated carbocycles. The lowest BCUT2D eigenvalue weighted by Crippen LogP contribution is -2.28. The number of rotatable bonds is 0. The van der Waals surface area contributed by atoms with Crippen molar-refractivity contribution in [2.24, 2.45) is 15.1 Å². The van der Waals surface area contributed by atoms with Crippen LogP contribution in [-0.2, 0) is 0 Å². The van der Waals surface area contributed by atoms with E-state index in [1.165, 1.54) is 0 Å². The molecule has 2 rings (SSSR count). The Morgan fingerprint density at radius 1 is 1.60 bits per heavy atom. The second-order valence-corrected chi connectivity index (χ2v) is 2.75. The smallest absolute Gasteiger partial charge is 0.187 e. The first-order valence-electron chi connectivity index (χ1n) is 2.96. The highest BCUT2D eigenvalue weighted by Gasteiger charge is 2.13. The van der Waals surface area contributed by atoms with E-state index in [1.54, 1.807) is 29.3 Å². The molecule has 4 nitrogen and oxygen atoms in total. The third kappa shape index (κ3) is 0.923. The number of hydrogen-bond acceptors (Lipinski definition) is 5. The summed E-state index contributed by atoms with van der Waals surface area (Å²) in [4.78, 5) is 8.25. The van der Waals surface area contributed by atoms with Crippen molar-refractivity contribution in [2.75, 3.05) is 12.4 Å². The van der Waals surface area contributed by atoms with Gasteiger partial charge in [0, 0.05) is 6.21 Å². The molecule has 0 aliphatic carbocycles. The van der Waals surface area contributed by atoms with E-state index in [0.29, 0.717) is 6.54 Å². The molecule has 0 unspecified atom stereocenters. The van der Waals surface area contributed by atoms with Crippen LogP contribution in [0.5, 0.6) is 0 Å². The molecular formula is C5H6N4S. The molecule has 10 heavy (non-hydrogen) atoms. The van der Waals surface area contributed by atoms with Crippen molar-refractivity contribution >= 4 is 29.5 Å². The van der Waals surface area contributed by atoms with Gasteiger partial charge >= 0.3 is 0 Å². The monoisotopic (exact) mass is 154 g/mol. The fourth-order valence-corrected chi connectivity index (χ4v) is 1.41. The molecule has 0 spiro atoms. The average molecular weight is 154 g/mol. The minimum atomic E-state index is 0.701. The second kappa shape index (κ2) is 2.42. The van der Waals surface area contributed by atoms with E-state index >= 15 is 0 Å². The van der Waals surface area contributed by atoms with E-state index in [-0.39, 0.29) is 0 Å². The van der Waals surface area contributed by atoms with Gasteiger partial charge in [0.1, 0.15) is 6.34 Å². The van der Waals surface area contributed by atoms with Crippen LogP contribution in [0.1, 0.15) is 0 Å².